The second kappa shape index (κ2) is 10.1. The van der Waals surface area contributed by atoms with E-state index in [1.165, 1.54) is 0 Å². The fourth-order valence-corrected chi connectivity index (χ4v) is 2.45. The van der Waals surface area contributed by atoms with E-state index in [1.54, 1.807) is 26.3 Å². The van der Waals surface area contributed by atoms with Crippen LogP contribution in [0.15, 0.2) is 29.4 Å². The number of halogens is 1. The zero-order valence-electron chi connectivity index (χ0n) is 15.2. The number of hydrogen-bond acceptors (Lipinski definition) is 3. The zero-order chi connectivity index (χ0) is 18.1. The zero-order valence-corrected chi connectivity index (χ0v) is 16.0. The third-order valence-corrected chi connectivity index (χ3v) is 4.04. The third-order valence-electron chi connectivity index (χ3n) is 3.80. The molecule has 5 heteroatoms. The molecule has 0 unspecified atom stereocenters. The van der Waals surface area contributed by atoms with E-state index in [0.717, 1.165) is 30.5 Å². The summed E-state index contributed by atoms with van der Waals surface area (Å²) < 4.78 is 5.35. The molecule has 0 bridgehead atoms. The van der Waals surface area contributed by atoms with E-state index in [2.05, 4.69) is 11.9 Å². The molecule has 1 aromatic rings. The molecule has 1 rings (SSSR count). The highest BCUT2D eigenvalue weighted by Gasteiger charge is 2.14. The number of nitrogens with zero attached hydrogens (tertiary/aromatic N) is 2. The summed E-state index contributed by atoms with van der Waals surface area (Å²) in [5, 5.41) is 0.618. The molecule has 0 aliphatic heterocycles. The molecule has 1 aromatic carbocycles. The second-order valence-corrected chi connectivity index (χ2v) is 6.05. The van der Waals surface area contributed by atoms with Crippen molar-refractivity contribution in [2.75, 3.05) is 20.2 Å². The van der Waals surface area contributed by atoms with E-state index in [0.29, 0.717) is 23.0 Å². The molecule has 0 aliphatic rings. The van der Waals surface area contributed by atoms with Crippen molar-refractivity contribution in [2.24, 2.45) is 4.99 Å². The van der Waals surface area contributed by atoms with E-state index in [9.17, 15) is 4.79 Å². The molecule has 0 aromatic heterocycles. The fourth-order valence-electron chi connectivity index (χ4n) is 2.29. The molecule has 0 N–H and O–H groups in total. The average Bonchev–Trinajstić information content (AvgIpc) is 2.59. The van der Waals surface area contributed by atoms with Gasteiger partial charge in [0.2, 0.25) is 0 Å². The van der Waals surface area contributed by atoms with Crippen molar-refractivity contribution in [2.45, 2.75) is 40.5 Å². The third kappa shape index (κ3) is 5.68. The maximum absolute atomic E-state index is 12.4. The van der Waals surface area contributed by atoms with Crippen LogP contribution in [0, 0.1) is 0 Å². The number of rotatable bonds is 8. The van der Waals surface area contributed by atoms with Gasteiger partial charge in [-0.3, -0.25) is 9.79 Å². The van der Waals surface area contributed by atoms with Crippen LogP contribution >= 0.6 is 11.6 Å². The molecule has 4 nitrogen and oxygen atoms in total. The van der Waals surface area contributed by atoms with Gasteiger partial charge in [0.15, 0.2) is 0 Å². The fraction of sp³-hybridized carbons (Fsp3) is 0.474. The van der Waals surface area contributed by atoms with Crippen LogP contribution in [-0.4, -0.2) is 36.7 Å². The lowest BCUT2D eigenvalue weighted by atomic mass is 10.1. The number of aliphatic imine (C=N–C) groups is 1. The Morgan fingerprint density at radius 1 is 1.33 bits per heavy atom. The summed E-state index contributed by atoms with van der Waals surface area (Å²) in [7, 11) is 1.60. The van der Waals surface area contributed by atoms with Gasteiger partial charge in [0.1, 0.15) is 11.5 Å². The standard InChI is InChI=1S/C19H27ClN2O2/c1-6-8-11-22(7-2)19(23)15(4)21-13-14(3)17-10-9-16(20)12-18(17)24-5/h9-10,12-13H,6-8,11H2,1-5H3/b14-13+,21-15?. The van der Waals surface area contributed by atoms with Gasteiger partial charge < -0.3 is 9.64 Å². The van der Waals surface area contributed by atoms with E-state index in [1.807, 2.05) is 30.9 Å². The number of allylic oxidation sites excluding steroid dienone is 1. The number of carbonyl (C=O) groups is 1. The van der Waals surface area contributed by atoms with Gasteiger partial charge in [0.05, 0.1) is 7.11 Å². The lowest BCUT2D eigenvalue weighted by Crippen LogP contribution is -2.36. The van der Waals surface area contributed by atoms with Crippen LogP contribution < -0.4 is 4.74 Å². The van der Waals surface area contributed by atoms with Crippen LogP contribution in [-0.2, 0) is 4.79 Å². The largest absolute Gasteiger partial charge is 0.496 e. The molecule has 0 aliphatic carbocycles. The first-order valence-corrected chi connectivity index (χ1v) is 8.66. The SMILES string of the molecule is CCCCN(CC)C(=O)C(C)=N/C=C(\C)c1ccc(Cl)cc1OC. The number of benzene rings is 1. The molecular formula is C19H27ClN2O2. The van der Waals surface area contributed by atoms with Crippen molar-refractivity contribution in [3.8, 4) is 5.75 Å². The van der Waals surface area contributed by atoms with Crippen molar-refractivity contribution in [3.05, 3.63) is 35.0 Å². The summed E-state index contributed by atoms with van der Waals surface area (Å²) in [4.78, 5) is 18.6. The maximum Gasteiger partial charge on any atom is 0.267 e. The van der Waals surface area contributed by atoms with Gasteiger partial charge in [-0.2, -0.15) is 0 Å². The number of unbranched alkanes of at least 4 members (excludes halogenated alkanes) is 1. The van der Waals surface area contributed by atoms with Crippen LogP contribution in [0.25, 0.3) is 5.57 Å². The normalized spacial score (nSPS) is 12.2. The molecule has 132 valence electrons. The van der Waals surface area contributed by atoms with Gasteiger partial charge >= 0.3 is 0 Å². The van der Waals surface area contributed by atoms with Gasteiger partial charge in [0, 0.05) is 29.9 Å². The molecule has 0 saturated carbocycles. The number of methoxy groups -OCH3 is 1. The molecule has 0 saturated heterocycles. The minimum Gasteiger partial charge on any atom is -0.496 e. The number of hydrogen-bond donors (Lipinski definition) is 0. The summed E-state index contributed by atoms with van der Waals surface area (Å²) in [5.41, 5.74) is 2.30. The lowest BCUT2D eigenvalue weighted by Gasteiger charge is -2.20. The van der Waals surface area contributed by atoms with Gasteiger partial charge in [-0.05, 0) is 51.0 Å². The van der Waals surface area contributed by atoms with E-state index in [4.69, 9.17) is 16.3 Å². The van der Waals surface area contributed by atoms with Crippen molar-refractivity contribution in [3.63, 3.8) is 0 Å². The van der Waals surface area contributed by atoms with Crippen molar-refractivity contribution >= 4 is 28.8 Å². The average molecular weight is 351 g/mol. The summed E-state index contributed by atoms with van der Waals surface area (Å²) in [6.07, 6.45) is 3.77. The lowest BCUT2D eigenvalue weighted by molar-refractivity contribution is -0.124. The molecule has 0 fully saturated rings. The van der Waals surface area contributed by atoms with Crippen molar-refractivity contribution in [1.29, 1.82) is 0 Å². The predicted octanol–water partition coefficient (Wildman–Crippen LogP) is 4.82. The van der Waals surface area contributed by atoms with Gasteiger partial charge in [-0.25, -0.2) is 0 Å². The van der Waals surface area contributed by atoms with E-state index < -0.39 is 0 Å². The van der Waals surface area contributed by atoms with E-state index in [-0.39, 0.29) is 5.91 Å². The minimum atomic E-state index is -0.0157. The first-order valence-electron chi connectivity index (χ1n) is 8.28. The van der Waals surface area contributed by atoms with Crippen LogP contribution in [0.1, 0.15) is 46.1 Å². The number of carbonyl (C=O) groups excluding carboxylic acids is 1. The Morgan fingerprint density at radius 3 is 2.62 bits per heavy atom. The Bertz CT molecular complexity index is 624. The quantitative estimate of drug-likeness (QED) is 0.631. The molecule has 0 atom stereocenters. The monoisotopic (exact) mass is 350 g/mol. The van der Waals surface area contributed by atoms with Crippen LogP contribution in [0.5, 0.6) is 5.75 Å². The number of ether oxygens (including phenoxy) is 1. The highest BCUT2D eigenvalue weighted by molar-refractivity contribution is 6.38. The predicted molar refractivity (Wildman–Crippen MR) is 102 cm³/mol. The Balaban J connectivity index is 2.95. The Morgan fingerprint density at radius 2 is 2.04 bits per heavy atom. The van der Waals surface area contributed by atoms with Crippen molar-refractivity contribution < 1.29 is 9.53 Å². The minimum absolute atomic E-state index is 0.0157. The number of amides is 1. The second-order valence-electron chi connectivity index (χ2n) is 5.61. The molecule has 0 heterocycles. The highest BCUT2D eigenvalue weighted by atomic mass is 35.5. The summed E-state index contributed by atoms with van der Waals surface area (Å²) in [6.45, 7) is 9.25. The summed E-state index contributed by atoms with van der Waals surface area (Å²) >= 11 is 5.98. The van der Waals surface area contributed by atoms with E-state index >= 15 is 0 Å². The molecule has 1 amide bonds. The van der Waals surface area contributed by atoms with Crippen molar-refractivity contribution in [1.82, 2.24) is 4.90 Å². The van der Waals surface area contributed by atoms with Crippen LogP contribution in [0.3, 0.4) is 0 Å². The smallest absolute Gasteiger partial charge is 0.267 e. The topological polar surface area (TPSA) is 41.9 Å². The molecule has 24 heavy (non-hydrogen) atoms. The molecule has 0 spiro atoms. The van der Waals surface area contributed by atoms with Crippen LogP contribution in [0.4, 0.5) is 0 Å². The maximum atomic E-state index is 12.4. The molecular weight excluding hydrogens is 324 g/mol. The first-order chi connectivity index (χ1) is 11.4. The van der Waals surface area contributed by atoms with Crippen LogP contribution in [0.2, 0.25) is 5.02 Å². The van der Waals surface area contributed by atoms with Gasteiger partial charge in [-0.15, -0.1) is 0 Å². The molecule has 0 radical (unpaired) electrons. The highest BCUT2D eigenvalue weighted by Crippen LogP contribution is 2.28. The Hall–Kier alpha value is -1.81. The summed E-state index contributed by atoms with van der Waals surface area (Å²) in [6, 6.07) is 5.46. The van der Waals surface area contributed by atoms with Gasteiger partial charge in [-0.1, -0.05) is 24.9 Å². The summed E-state index contributed by atoms with van der Waals surface area (Å²) in [5.74, 6) is 0.673. The Kier molecular flexibility index (Phi) is 8.55. The first kappa shape index (κ1) is 20.2. The Labute approximate surface area is 150 Å². The van der Waals surface area contributed by atoms with Gasteiger partial charge in [0.25, 0.3) is 5.91 Å².